The summed E-state index contributed by atoms with van der Waals surface area (Å²) in [4.78, 5) is 60.5. The van der Waals surface area contributed by atoms with Crippen molar-refractivity contribution in [1.82, 2.24) is 16.0 Å². The molecule has 4 atom stereocenters. The Kier molecular flexibility index (Phi) is 14.4. The topological polar surface area (TPSA) is 188 Å². The number of carboxylic acids is 2. The smallest absolute Gasteiger partial charge is 0.326 e. The molecule has 0 fully saturated rings. The molecule has 190 valence electrons. The van der Waals surface area contributed by atoms with E-state index >= 15 is 0 Å². The maximum Gasteiger partial charge on any atom is 0.326 e. The number of aliphatic carboxylic acids is 2. The van der Waals surface area contributed by atoms with Gasteiger partial charge in [0.05, 0.1) is 6.04 Å². The van der Waals surface area contributed by atoms with Crippen molar-refractivity contribution in [3.05, 3.63) is 0 Å². The van der Waals surface area contributed by atoms with Gasteiger partial charge in [0, 0.05) is 6.42 Å². The Morgan fingerprint density at radius 1 is 0.848 bits per heavy atom. The molecule has 3 amide bonds. The van der Waals surface area contributed by atoms with Crippen LogP contribution in [-0.4, -0.2) is 76.0 Å². The van der Waals surface area contributed by atoms with Gasteiger partial charge < -0.3 is 31.9 Å². The maximum atomic E-state index is 12.9. The summed E-state index contributed by atoms with van der Waals surface area (Å²) in [6.45, 7) is 7.00. The zero-order valence-corrected chi connectivity index (χ0v) is 20.7. The molecule has 0 saturated heterocycles. The lowest BCUT2D eigenvalue weighted by molar-refractivity contribution is -0.143. The summed E-state index contributed by atoms with van der Waals surface area (Å²) in [5.74, 6) is -4.09. The first-order chi connectivity index (χ1) is 15.3. The van der Waals surface area contributed by atoms with E-state index in [-0.39, 0.29) is 24.7 Å². The predicted octanol–water partition coefficient (Wildman–Crippen LogP) is 0.173. The minimum absolute atomic E-state index is 0.0192. The summed E-state index contributed by atoms with van der Waals surface area (Å²) in [5.41, 5.74) is 5.86. The van der Waals surface area contributed by atoms with E-state index in [1.807, 2.05) is 6.26 Å². The quantitative estimate of drug-likeness (QED) is 0.175. The minimum Gasteiger partial charge on any atom is -0.481 e. The number of rotatable bonds is 16. The van der Waals surface area contributed by atoms with E-state index in [0.717, 1.165) is 0 Å². The van der Waals surface area contributed by atoms with Gasteiger partial charge in [0.1, 0.15) is 18.1 Å². The van der Waals surface area contributed by atoms with Crippen molar-refractivity contribution in [1.29, 1.82) is 0 Å². The minimum atomic E-state index is -1.29. The third-order valence-electron chi connectivity index (χ3n) is 4.82. The summed E-state index contributed by atoms with van der Waals surface area (Å²) in [6.07, 6.45) is 1.81. The van der Waals surface area contributed by atoms with Gasteiger partial charge in [-0.3, -0.25) is 19.2 Å². The monoisotopic (exact) mass is 490 g/mol. The van der Waals surface area contributed by atoms with Gasteiger partial charge in [-0.05, 0) is 43.1 Å². The highest BCUT2D eigenvalue weighted by atomic mass is 32.2. The Labute approximate surface area is 199 Å². The van der Waals surface area contributed by atoms with Crippen LogP contribution in [0.3, 0.4) is 0 Å². The second kappa shape index (κ2) is 15.5. The maximum absolute atomic E-state index is 12.9. The highest BCUT2D eigenvalue weighted by Crippen LogP contribution is 2.09. The summed E-state index contributed by atoms with van der Waals surface area (Å²) in [6, 6.07) is -4.28. The molecule has 0 aromatic carbocycles. The van der Waals surface area contributed by atoms with Gasteiger partial charge in [0.2, 0.25) is 17.7 Å². The zero-order chi connectivity index (χ0) is 25.7. The number of nitrogens with two attached hydrogens (primary N) is 1. The average Bonchev–Trinajstić information content (AvgIpc) is 2.71. The standard InChI is InChI=1S/C21H38N4O7S/c1-11(2)10-15(21(31)32)24-19(29)14(6-7-16(26)27)23-20(30)17(12(3)4)25-18(28)13(22)8-9-33-5/h11-15,17H,6-10,22H2,1-5H3,(H,23,30)(H,24,29)(H,25,28)(H,26,27)(H,31,32). The zero-order valence-electron chi connectivity index (χ0n) is 19.9. The van der Waals surface area contributed by atoms with E-state index in [1.165, 1.54) is 11.8 Å². The highest BCUT2D eigenvalue weighted by Gasteiger charge is 2.32. The molecule has 0 aliphatic carbocycles. The van der Waals surface area contributed by atoms with Crippen molar-refractivity contribution in [2.24, 2.45) is 17.6 Å². The van der Waals surface area contributed by atoms with E-state index in [0.29, 0.717) is 12.2 Å². The van der Waals surface area contributed by atoms with Crippen molar-refractivity contribution in [2.75, 3.05) is 12.0 Å². The van der Waals surface area contributed by atoms with Gasteiger partial charge in [0.25, 0.3) is 0 Å². The Balaban J connectivity index is 5.45. The van der Waals surface area contributed by atoms with Crippen LogP contribution in [0.1, 0.15) is 53.4 Å². The molecule has 12 heteroatoms. The van der Waals surface area contributed by atoms with Gasteiger partial charge in [-0.15, -0.1) is 0 Å². The molecule has 0 aliphatic heterocycles. The van der Waals surface area contributed by atoms with Crippen molar-refractivity contribution in [3.8, 4) is 0 Å². The molecule has 0 radical (unpaired) electrons. The number of hydrogen-bond acceptors (Lipinski definition) is 7. The van der Waals surface area contributed by atoms with Crippen LogP contribution in [0.5, 0.6) is 0 Å². The van der Waals surface area contributed by atoms with Gasteiger partial charge >= 0.3 is 11.9 Å². The second-order valence-electron chi connectivity index (χ2n) is 8.64. The molecule has 0 saturated carbocycles. The SMILES string of the molecule is CSCCC(N)C(=O)NC(C(=O)NC(CCC(=O)O)C(=O)NC(CC(C)C)C(=O)O)C(C)C. The summed E-state index contributed by atoms with van der Waals surface area (Å²) in [5, 5.41) is 25.8. The molecule has 11 nitrogen and oxygen atoms in total. The Hall–Kier alpha value is -2.34. The van der Waals surface area contributed by atoms with Crippen LogP contribution in [-0.2, 0) is 24.0 Å². The molecule has 0 spiro atoms. The number of thioether (sulfide) groups is 1. The fourth-order valence-electron chi connectivity index (χ4n) is 2.93. The summed E-state index contributed by atoms with van der Waals surface area (Å²) < 4.78 is 0. The first-order valence-corrected chi connectivity index (χ1v) is 12.3. The fraction of sp³-hybridized carbons (Fsp3) is 0.762. The second-order valence-corrected chi connectivity index (χ2v) is 9.63. The molecule has 0 aromatic rings. The van der Waals surface area contributed by atoms with E-state index in [1.54, 1.807) is 27.7 Å². The third kappa shape index (κ3) is 12.5. The van der Waals surface area contributed by atoms with Crippen LogP contribution < -0.4 is 21.7 Å². The molecular formula is C21H38N4O7S. The van der Waals surface area contributed by atoms with Crippen molar-refractivity contribution in [3.63, 3.8) is 0 Å². The lowest BCUT2D eigenvalue weighted by Crippen LogP contribution is -2.58. The van der Waals surface area contributed by atoms with E-state index in [9.17, 15) is 29.1 Å². The van der Waals surface area contributed by atoms with Gasteiger partial charge in [-0.1, -0.05) is 27.7 Å². The number of carbonyl (C=O) groups excluding carboxylic acids is 3. The van der Waals surface area contributed by atoms with Crippen LogP contribution in [0, 0.1) is 11.8 Å². The lowest BCUT2D eigenvalue weighted by Gasteiger charge is -2.27. The number of hydrogen-bond donors (Lipinski definition) is 6. The van der Waals surface area contributed by atoms with E-state index < -0.39 is 60.2 Å². The van der Waals surface area contributed by atoms with Crippen LogP contribution in [0.2, 0.25) is 0 Å². The number of amides is 3. The van der Waals surface area contributed by atoms with Crippen molar-refractivity contribution >= 4 is 41.4 Å². The first-order valence-electron chi connectivity index (χ1n) is 10.9. The normalized spacial score (nSPS) is 14.8. The third-order valence-corrected chi connectivity index (χ3v) is 5.46. The Bertz CT molecular complexity index is 688. The van der Waals surface area contributed by atoms with Crippen LogP contribution >= 0.6 is 11.8 Å². The van der Waals surface area contributed by atoms with Crippen molar-refractivity contribution in [2.45, 2.75) is 77.5 Å². The number of nitrogens with one attached hydrogen (secondary N) is 3. The summed E-state index contributed by atoms with van der Waals surface area (Å²) in [7, 11) is 0. The molecule has 4 unspecified atom stereocenters. The van der Waals surface area contributed by atoms with Crippen LogP contribution in [0.15, 0.2) is 0 Å². The molecule has 7 N–H and O–H groups in total. The highest BCUT2D eigenvalue weighted by molar-refractivity contribution is 7.98. The van der Waals surface area contributed by atoms with Gasteiger partial charge in [0.15, 0.2) is 0 Å². The molecule has 0 heterocycles. The Morgan fingerprint density at radius 3 is 1.88 bits per heavy atom. The van der Waals surface area contributed by atoms with Crippen LogP contribution in [0.25, 0.3) is 0 Å². The molecule has 33 heavy (non-hydrogen) atoms. The lowest BCUT2D eigenvalue weighted by atomic mass is 10.0. The van der Waals surface area contributed by atoms with Gasteiger partial charge in [-0.25, -0.2) is 4.79 Å². The first kappa shape index (κ1) is 30.7. The van der Waals surface area contributed by atoms with Gasteiger partial charge in [-0.2, -0.15) is 11.8 Å². The summed E-state index contributed by atoms with van der Waals surface area (Å²) >= 11 is 1.53. The number of carboxylic acid groups (broad SMARTS) is 2. The average molecular weight is 491 g/mol. The van der Waals surface area contributed by atoms with Crippen molar-refractivity contribution < 1.29 is 34.2 Å². The molecule has 0 aromatic heterocycles. The van der Waals surface area contributed by atoms with E-state index in [4.69, 9.17) is 10.8 Å². The predicted molar refractivity (Wildman–Crippen MR) is 126 cm³/mol. The Morgan fingerprint density at radius 2 is 1.42 bits per heavy atom. The molecule has 0 rings (SSSR count). The van der Waals surface area contributed by atoms with Crippen LogP contribution in [0.4, 0.5) is 0 Å². The largest absolute Gasteiger partial charge is 0.481 e. The number of carbonyl (C=O) groups is 5. The fourth-order valence-corrected chi connectivity index (χ4v) is 3.42. The molecule has 0 aliphatic rings. The molecular weight excluding hydrogens is 452 g/mol. The molecule has 0 bridgehead atoms. The van der Waals surface area contributed by atoms with E-state index in [2.05, 4.69) is 16.0 Å².